The molecule has 0 aliphatic carbocycles. The lowest BCUT2D eigenvalue weighted by Gasteiger charge is -2.25. The van der Waals surface area contributed by atoms with Crippen LogP contribution in [-0.4, -0.2) is 39.4 Å². The number of carbonyl (C=O) groups is 2. The number of aryl methyl sites for hydroxylation is 2. The summed E-state index contributed by atoms with van der Waals surface area (Å²) in [4.78, 5) is 46.7. The summed E-state index contributed by atoms with van der Waals surface area (Å²) in [5.74, 6) is 0.727. The molecular formula is C25H28N4O3S. The lowest BCUT2D eigenvalue weighted by Crippen LogP contribution is -2.38. The van der Waals surface area contributed by atoms with Crippen molar-refractivity contribution in [3.8, 4) is 0 Å². The largest absolute Gasteiger partial charge is 0.343 e. The fraction of sp³-hybridized carbons (Fsp3) is 0.440. The van der Waals surface area contributed by atoms with E-state index in [9.17, 15) is 14.4 Å². The monoisotopic (exact) mass is 464 g/mol. The zero-order chi connectivity index (χ0) is 22.9. The first-order valence-electron chi connectivity index (χ1n) is 11.7. The highest BCUT2D eigenvalue weighted by Crippen LogP contribution is 2.29. The molecule has 4 heterocycles. The molecule has 2 aliphatic heterocycles. The Morgan fingerprint density at radius 1 is 1.09 bits per heavy atom. The van der Waals surface area contributed by atoms with Crippen molar-refractivity contribution in [3.05, 3.63) is 62.5 Å². The van der Waals surface area contributed by atoms with Crippen molar-refractivity contribution in [1.29, 1.82) is 0 Å². The van der Waals surface area contributed by atoms with Gasteiger partial charge in [0.25, 0.3) is 11.5 Å². The minimum absolute atomic E-state index is 0.0352. The Balaban J connectivity index is 1.47. The first kappa shape index (κ1) is 21.8. The second-order valence-electron chi connectivity index (χ2n) is 8.91. The third-order valence-electron chi connectivity index (χ3n) is 6.70. The highest BCUT2D eigenvalue weighted by Gasteiger charge is 2.28. The quantitative estimate of drug-likeness (QED) is 0.626. The van der Waals surface area contributed by atoms with Crippen molar-refractivity contribution in [1.82, 2.24) is 19.8 Å². The minimum Gasteiger partial charge on any atom is -0.343 e. The summed E-state index contributed by atoms with van der Waals surface area (Å²) < 4.78 is 1.79. The van der Waals surface area contributed by atoms with E-state index in [0.717, 1.165) is 43.5 Å². The molecule has 0 saturated carbocycles. The topological polar surface area (TPSA) is 84.3 Å². The zero-order valence-electron chi connectivity index (χ0n) is 18.8. The van der Waals surface area contributed by atoms with Gasteiger partial charge in [0.2, 0.25) is 5.91 Å². The van der Waals surface area contributed by atoms with Gasteiger partial charge in [0.1, 0.15) is 10.7 Å². The van der Waals surface area contributed by atoms with E-state index in [2.05, 4.69) is 5.32 Å². The molecular weight excluding hydrogens is 436 g/mol. The molecule has 1 saturated heterocycles. The Morgan fingerprint density at radius 2 is 1.91 bits per heavy atom. The number of amides is 2. The van der Waals surface area contributed by atoms with Crippen LogP contribution < -0.4 is 10.9 Å². The first-order chi connectivity index (χ1) is 16.0. The van der Waals surface area contributed by atoms with Crippen LogP contribution >= 0.6 is 11.3 Å². The van der Waals surface area contributed by atoms with Gasteiger partial charge in [0, 0.05) is 32.5 Å². The van der Waals surface area contributed by atoms with Crippen molar-refractivity contribution in [3.63, 3.8) is 0 Å². The van der Waals surface area contributed by atoms with Crippen molar-refractivity contribution < 1.29 is 9.59 Å². The maximum Gasteiger partial charge on any atom is 0.262 e. The van der Waals surface area contributed by atoms with Crippen LogP contribution in [0.1, 0.15) is 64.8 Å². The predicted molar refractivity (Wildman–Crippen MR) is 129 cm³/mol. The highest BCUT2D eigenvalue weighted by atomic mass is 32.1. The van der Waals surface area contributed by atoms with Crippen LogP contribution in [0.4, 0.5) is 0 Å². The van der Waals surface area contributed by atoms with Crippen LogP contribution in [-0.2, 0) is 17.8 Å². The third-order valence-corrected chi connectivity index (χ3v) is 7.88. The number of thiophene rings is 1. The normalized spacial score (nSPS) is 17.1. The first-order valence-corrected chi connectivity index (χ1v) is 12.5. The molecule has 5 rings (SSSR count). The number of hydrogen-bond donors (Lipinski definition) is 1. The minimum atomic E-state index is -0.323. The molecule has 2 aromatic heterocycles. The van der Waals surface area contributed by atoms with Crippen LogP contribution in [0.2, 0.25) is 0 Å². The average Bonchev–Trinajstić information content (AvgIpc) is 3.27. The van der Waals surface area contributed by atoms with Gasteiger partial charge in [-0.3, -0.25) is 19.0 Å². The van der Waals surface area contributed by atoms with Crippen LogP contribution in [0, 0.1) is 6.92 Å². The second-order valence-corrected chi connectivity index (χ2v) is 9.91. The molecule has 0 spiro atoms. The van der Waals surface area contributed by atoms with Gasteiger partial charge in [-0.15, -0.1) is 11.3 Å². The van der Waals surface area contributed by atoms with E-state index in [4.69, 9.17) is 4.98 Å². The fourth-order valence-electron chi connectivity index (χ4n) is 4.89. The molecule has 33 heavy (non-hydrogen) atoms. The van der Waals surface area contributed by atoms with E-state index in [0.29, 0.717) is 46.7 Å². The summed E-state index contributed by atoms with van der Waals surface area (Å²) in [6.07, 6.45) is 5.32. The van der Waals surface area contributed by atoms with Crippen molar-refractivity contribution in [2.45, 2.75) is 58.0 Å². The number of aromatic nitrogens is 2. The van der Waals surface area contributed by atoms with E-state index in [1.54, 1.807) is 4.57 Å². The molecule has 7 nitrogen and oxygen atoms in total. The van der Waals surface area contributed by atoms with Crippen molar-refractivity contribution in [2.24, 2.45) is 0 Å². The maximum absolute atomic E-state index is 13.4. The molecule has 1 N–H and O–H groups in total. The maximum atomic E-state index is 13.4. The fourth-order valence-corrected chi connectivity index (χ4v) is 5.98. The van der Waals surface area contributed by atoms with Crippen LogP contribution in [0.3, 0.4) is 0 Å². The number of nitrogens with one attached hydrogen (secondary N) is 1. The van der Waals surface area contributed by atoms with E-state index in [1.165, 1.54) is 11.3 Å². The van der Waals surface area contributed by atoms with Gasteiger partial charge >= 0.3 is 0 Å². The number of hydrogen-bond acceptors (Lipinski definition) is 5. The summed E-state index contributed by atoms with van der Waals surface area (Å²) in [5.41, 5.74) is 1.61. The molecule has 3 aromatic rings. The van der Waals surface area contributed by atoms with E-state index < -0.39 is 0 Å². The van der Waals surface area contributed by atoms with Gasteiger partial charge in [0.15, 0.2) is 0 Å². The summed E-state index contributed by atoms with van der Waals surface area (Å²) in [6.45, 7) is 3.68. The molecule has 1 aromatic carbocycles. The van der Waals surface area contributed by atoms with Crippen LogP contribution in [0.15, 0.2) is 35.1 Å². The smallest absolute Gasteiger partial charge is 0.262 e. The number of nitrogens with zero attached hydrogens (tertiary/aromatic N) is 3. The number of fused-ring (bicyclic) bond motifs is 2. The Bertz CT molecular complexity index is 1260. The lowest BCUT2D eigenvalue weighted by atomic mass is 10.1. The summed E-state index contributed by atoms with van der Waals surface area (Å²) in [6, 6.07) is 9.41. The molecule has 172 valence electrons. The number of rotatable bonds is 5. The third kappa shape index (κ3) is 4.19. The molecule has 1 atom stereocenters. The van der Waals surface area contributed by atoms with Gasteiger partial charge < -0.3 is 10.2 Å². The molecule has 1 unspecified atom stereocenters. The molecule has 0 radical (unpaired) electrons. The van der Waals surface area contributed by atoms with Gasteiger partial charge in [-0.1, -0.05) is 36.8 Å². The molecule has 2 aliphatic rings. The average molecular weight is 465 g/mol. The highest BCUT2D eigenvalue weighted by molar-refractivity contribution is 7.20. The lowest BCUT2D eigenvalue weighted by molar-refractivity contribution is -0.128. The Hall–Kier alpha value is -3.00. The van der Waals surface area contributed by atoms with Crippen molar-refractivity contribution >= 4 is 33.4 Å². The second kappa shape index (κ2) is 9.09. The van der Waals surface area contributed by atoms with Crippen molar-refractivity contribution in [2.75, 3.05) is 13.1 Å². The zero-order valence-corrected chi connectivity index (χ0v) is 19.6. The van der Waals surface area contributed by atoms with Crippen LogP contribution in [0.25, 0.3) is 10.2 Å². The molecule has 1 fully saturated rings. The predicted octanol–water partition coefficient (Wildman–Crippen LogP) is 3.59. The van der Waals surface area contributed by atoms with Gasteiger partial charge in [0.05, 0.1) is 16.3 Å². The Kier molecular flexibility index (Phi) is 6.01. The number of carbonyl (C=O) groups excluding carboxylic acids is 2. The van der Waals surface area contributed by atoms with E-state index in [-0.39, 0.29) is 23.4 Å². The number of likely N-dealkylation sites (tertiary alicyclic amines) is 1. The van der Waals surface area contributed by atoms with Gasteiger partial charge in [-0.2, -0.15) is 0 Å². The van der Waals surface area contributed by atoms with E-state index in [1.807, 2.05) is 42.2 Å². The Morgan fingerprint density at radius 3 is 2.67 bits per heavy atom. The summed E-state index contributed by atoms with van der Waals surface area (Å²) in [7, 11) is 0. The summed E-state index contributed by atoms with van der Waals surface area (Å²) >= 11 is 1.29. The van der Waals surface area contributed by atoms with Gasteiger partial charge in [-0.25, -0.2) is 4.98 Å². The Labute approximate surface area is 196 Å². The molecule has 0 bridgehead atoms. The SMILES string of the molecule is Cc1c(C(=O)NC(CN2CCCC2=O)c2ccccc2)sc2nc3n(c(=O)c12)CCCCC3. The molecule has 8 heteroatoms. The molecule has 2 amide bonds. The standard InChI is InChI=1S/C25H28N4O3S/c1-16-21-24(27-19-11-6-3-7-14-29(19)25(21)32)33-22(16)23(31)26-18(17-9-4-2-5-10-17)15-28-13-8-12-20(28)30/h2,4-5,9-10,18H,3,6-8,11-15H2,1H3,(H,26,31). The number of benzene rings is 1. The van der Waals surface area contributed by atoms with E-state index >= 15 is 0 Å². The van der Waals surface area contributed by atoms with Gasteiger partial charge in [-0.05, 0) is 37.3 Å². The van der Waals surface area contributed by atoms with Crippen LogP contribution in [0.5, 0.6) is 0 Å². The summed E-state index contributed by atoms with van der Waals surface area (Å²) in [5, 5.41) is 3.70.